The third-order valence-corrected chi connectivity index (χ3v) is 2.89. The summed E-state index contributed by atoms with van der Waals surface area (Å²) in [4.78, 5) is 16.4. The fraction of sp³-hybridized carbons (Fsp3) is 0.143. The molecule has 0 unspecified atom stereocenters. The van der Waals surface area contributed by atoms with Crippen LogP contribution in [0, 0.1) is 13.8 Å². The molecule has 0 aliphatic carbocycles. The lowest BCUT2D eigenvalue weighted by molar-refractivity contribution is 0.644. The van der Waals surface area contributed by atoms with E-state index in [1.54, 1.807) is 18.3 Å². The molecule has 0 N–H and O–H groups in total. The van der Waals surface area contributed by atoms with E-state index in [0.717, 1.165) is 11.1 Å². The molecule has 0 saturated heterocycles. The lowest BCUT2D eigenvalue weighted by atomic mass is 10.1. The van der Waals surface area contributed by atoms with Crippen molar-refractivity contribution in [3.05, 3.63) is 51.8 Å². The van der Waals surface area contributed by atoms with Crippen molar-refractivity contribution in [1.29, 1.82) is 0 Å². The maximum atomic E-state index is 12.3. The van der Waals surface area contributed by atoms with Crippen molar-refractivity contribution in [1.82, 2.24) is 4.98 Å². The summed E-state index contributed by atoms with van der Waals surface area (Å²) in [5.41, 5.74) is 3.02. The van der Waals surface area contributed by atoms with E-state index in [4.69, 9.17) is 4.42 Å². The molecule has 0 amide bonds. The van der Waals surface area contributed by atoms with E-state index < -0.39 is 0 Å². The fourth-order valence-corrected chi connectivity index (χ4v) is 2.18. The van der Waals surface area contributed by atoms with Gasteiger partial charge < -0.3 is 4.42 Å². The van der Waals surface area contributed by atoms with Gasteiger partial charge in [0.25, 0.3) is 0 Å². The van der Waals surface area contributed by atoms with Gasteiger partial charge in [-0.1, -0.05) is 6.07 Å². The van der Waals surface area contributed by atoms with Gasteiger partial charge in [-0.2, -0.15) is 0 Å². The van der Waals surface area contributed by atoms with Gasteiger partial charge in [0.15, 0.2) is 0 Å². The Morgan fingerprint density at radius 3 is 2.88 bits per heavy atom. The molecule has 84 valence electrons. The Kier molecular flexibility index (Phi) is 2.01. The monoisotopic (exact) mass is 225 g/mol. The molecule has 0 saturated carbocycles. The number of hydrogen-bond donors (Lipinski definition) is 0. The van der Waals surface area contributed by atoms with Gasteiger partial charge in [-0.3, -0.25) is 4.79 Å². The largest absolute Gasteiger partial charge is 0.437 e. The van der Waals surface area contributed by atoms with Crippen molar-refractivity contribution in [2.45, 2.75) is 13.8 Å². The third-order valence-electron chi connectivity index (χ3n) is 2.89. The smallest absolute Gasteiger partial charge is 0.230 e. The second kappa shape index (κ2) is 3.42. The first-order chi connectivity index (χ1) is 8.16. The maximum absolute atomic E-state index is 12.3. The van der Waals surface area contributed by atoms with Crippen LogP contribution in [0.5, 0.6) is 0 Å². The molecule has 2 heterocycles. The lowest BCUT2D eigenvalue weighted by Gasteiger charge is -2.04. The van der Waals surface area contributed by atoms with Gasteiger partial charge >= 0.3 is 0 Å². The first-order valence-electron chi connectivity index (χ1n) is 5.45. The summed E-state index contributed by atoms with van der Waals surface area (Å²) < 4.78 is 5.68. The van der Waals surface area contributed by atoms with E-state index in [9.17, 15) is 4.79 Å². The minimum atomic E-state index is -0.00755. The van der Waals surface area contributed by atoms with Crippen molar-refractivity contribution in [2.24, 2.45) is 0 Å². The molecule has 3 nitrogen and oxygen atoms in total. The van der Waals surface area contributed by atoms with E-state index in [-0.39, 0.29) is 5.43 Å². The molecule has 3 aromatic rings. The van der Waals surface area contributed by atoms with Crippen LogP contribution in [0.3, 0.4) is 0 Å². The molecule has 0 bridgehead atoms. The second-order valence-corrected chi connectivity index (χ2v) is 4.24. The normalized spacial score (nSPS) is 11.2. The van der Waals surface area contributed by atoms with E-state index in [0.29, 0.717) is 22.1 Å². The Hall–Kier alpha value is -2.16. The molecule has 0 atom stereocenters. The number of pyridine rings is 1. The fourth-order valence-electron chi connectivity index (χ4n) is 2.18. The van der Waals surface area contributed by atoms with E-state index >= 15 is 0 Å². The minimum Gasteiger partial charge on any atom is -0.437 e. The Balaban J connectivity index is 2.64. The van der Waals surface area contributed by atoms with Gasteiger partial charge in [0.05, 0.1) is 10.8 Å². The molecule has 0 aliphatic rings. The number of nitrogens with zero attached hydrogens (tertiary/aromatic N) is 1. The van der Waals surface area contributed by atoms with E-state index in [1.807, 2.05) is 26.0 Å². The number of rotatable bonds is 0. The predicted molar refractivity (Wildman–Crippen MR) is 67.3 cm³/mol. The summed E-state index contributed by atoms with van der Waals surface area (Å²) in [6.07, 6.45) is 1.62. The minimum absolute atomic E-state index is 0.00755. The van der Waals surface area contributed by atoms with Crippen LogP contribution in [-0.4, -0.2) is 4.98 Å². The van der Waals surface area contributed by atoms with Crippen LogP contribution in [0.2, 0.25) is 0 Å². The number of fused-ring (bicyclic) bond motifs is 2. The van der Waals surface area contributed by atoms with Crippen molar-refractivity contribution >= 4 is 22.1 Å². The maximum Gasteiger partial charge on any atom is 0.230 e. The van der Waals surface area contributed by atoms with E-state index in [2.05, 4.69) is 4.98 Å². The summed E-state index contributed by atoms with van der Waals surface area (Å²) in [5.74, 6) is 0. The molecule has 2 aromatic heterocycles. The Bertz CT molecular complexity index is 787. The van der Waals surface area contributed by atoms with Gasteiger partial charge in [0, 0.05) is 6.20 Å². The van der Waals surface area contributed by atoms with Gasteiger partial charge in [-0.05, 0) is 43.2 Å². The van der Waals surface area contributed by atoms with Crippen LogP contribution < -0.4 is 5.43 Å². The quantitative estimate of drug-likeness (QED) is 0.552. The highest BCUT2D eigenvalue weighted by Gasteiger charge is 2.10. The van der Waals surface area contributed by atoms with Crippen molar-refractivity contribution in [3.8, 4) is 0 Å². The summed E-state index contributed by atoms with van der Waals surface area (Å²) in [6.45, 7) is 3.91. The van der Waals surface area contributed by atoms with Crippen LogP contribution in [0.1, 0.15) is 11.1 Å². The summed E-state index contributed by atoms with van der Waals surface area (Å²) in [5, 5.41) is 1.18. The zero-order valence-electron chi connectivity index (χ0n) is 9.65. The van der Waals surface area contributed by atoms with Crippen LogP contribution in [0.4, 0.5) is 0 Å². The second-order valence-electron chi connectivity index (χ2n) is 4.24. The Labute approximate surface area is 97.7 Å². The Morgan fingerprint density at radius 1 is 1.24 bits per heavy atom. The molecule has 3 rings (SSSR count). The van der Waals surface area contributed by atoms with Gasteiger partial charge in [0.1, 0.15) is 5.58 Å². The zero-order valence-corrected chi connectivity index (χ0v) is 9.65. The van der Waals surface area contributed by atoms with Crippen molar-refractivity contribution < 1.29 is 4.42 Å². The highest BCUT2D eigenvalue weighted by atomic mass is 16.3. The Morgan fingerprint density at radius 2 is 2.06 bits per heavy atom. The van der Waals surface area contributed by atoms with Crippen LogP contribution in [0.25, 0.3) is 22.1 Å². The van der Waals surface area contributed by atoms with Crippen LogP contribution in [-0.2, 0) is 0 Å². The first kappa shape index (κ1) is 10.0. The van der Waals surface area contributed by atoms with Gasteiger partial charge in [0.2, 0.25) is 11.1 Å². The first-order valence-corrected chi connectivity index (χ1v) is 5.45. The molecule has 17 heavy (non-hydrogen) atoms. The van der Waals surface area contributed by atoms with Crippen molar-refractivity contribution in [2.75, 3.05) is 0 Å². The average Bonchev–Trinajstić information content (AvgIpc) is 2.28. The zero-order chi connectivity index (χ0) is 12.0. The highest BCUT2D eigenvalue weighted by Crippen LogP contribution is 2.21. The van der Waals surface area contributed by atoms with E-state index in [1.165, 1.54) is 0 Å². The molecule has 0 radical (unpaired) electrons. The standard InChI is InChI=1S/C14H11NO2/c1-8-6-9(2)12-11(7-8)17-14-10(13(12)16)4-3-5-15-14/h3-7H,1-2H3. The molecule has 3 heteroatoms. The number of hydrogen-bond acceptors (Lipinski definition) is 3. The highest BCUT2D eigenvalue weighted by molar-refractivity contribution is 5.90. The summed E-state index contributed by atoms with van der Waals surface area (Å²) >= 11 is 0. The lowest BCUT2D eigenvalue weighted by Crippen LogP contribution is -2.04. The summed E-state index contributed by atoms with van der Waals surface area (Å²) in [7, 11) is 0. The predicted octanol–water partition coefficient (Wildman–Crippen LogP) is 2.96. The molecular weight excluding hydrogens is 214 g/mol. The third kappa shape index (κ3) is 1.43. The summed E-state index contributed by atoms with van der Waals surface area (Å²) in [6, 6.07) is 7.35. The molecular formula is C14H11NO2. The molecule has 1 aromatic carbocycles. The molecule has 0 spiro atoms. The van der Waals surface area contributed by atoms with Crippen LogP contribution in [0.15, 0.2) is 39.7 Å². The van der Waals surface area contributed by atoms with Crippen molar-refractivity contribution in [3.63, 3.8) is 0 Å². The average molecular weight is 225 g/mol. The topological polar surface area (TPSA) is 43.1 Å². The number of aromatic nitrogens is 1. The SMILES string of the molecule is Cc1cc(C)c2c(=O)c3cccnc3oc2c1. The molecule has 0 aliphatic heterocycles. The number of benzene rings is 1. The van der Waals surface area contributed by atoms with Gasteiger partial charge in [-0.25, -0.2) is 4.98 Å². The van der Waals surface area contributed by atoms with Crippen LogP contribution >= 0.6 is 0 Å². The molecule has 0 fully saturated rings. The number of aryl methyl sites for hydroxylation is 2. The van der Waals surface area contributed by atoms with Gasteiger partial charge in [-0.15, -0.1) is 0 Å².